The lowest BCUT2D eigenvalue weighted by Crippen LogP contribution is -2.11. The van der Waals surface area contributed by atoms with Gasteiger partial charge < -0.3 is 4.18 Å². The minimum absolute atomic E-state index is 0.0910. The first kappa shape index (κ1) is 15.1. The number of halogens is 1. The van der Waals surface area contributed by atoms with E-state index < -0.39 is 15.9 Å². The van der Waals surface area contributed by atoms with Gasteiger partial charge in [-0.1, -0.05) is 6.07 Å². The molecule has 2 aromatic carbocycles. The van der Waals surface area contributed by atoms with Gasteiger partial charge in [-0.05, 0) is 53.2 Å². The van der Waals surface area contributed by atoms with Crippen LogP contribution in [0.4, 0.5) is 4.39 Å². The van der Waals surface area contributed by atoms with Crippen LogP contribution >= 0.6 is 0 Å². The topological polar surface area (TPSA) is 87.0 Å². The van der Waals surface area contributed by atoms with E-state index >= 15 is 0 Å². The zero-order valence-electron chi connectivity index (χ0n) is 11.9. The Morgan fingerprint density at radius 3 is 2.70 bits per heavy atom. The first-order valence-electron chi connectivity index (χ1n) is 6.50. The van der Waals surface area contributed by atoms with E-state index in [1.807, 2.05) is 0 Å². The number of nitrogens with zero attached hydrogens (tertiary/aromatic N) is 4. The normalized spacial score (nSPS) is 11.4. The fourth-order valence-corrected chi connectivity index (χ4v) is 3.16. The van der Waals surface area contributed by atoms with Crippen LogP contribution in [0.25, 0.3) is 5.69 Å². The first-order valence-corrected chi connectivity index (χ1v) is 7.90. The van der Waals surface area contributed by atoms with Gasteiger partial charge in [-0.25, -0.2) is 9.07 Å². The van der Waals surface area contributed by atoms with E-state index in [0.717, 1.165) is 12.1 Å². The van der Waals surface area contributed by atoms with Crippen LogP contribution in [0.15, 0.2) is 53.7 Å². The highest BCUT2D eigenvalue weighted by molar-refractivity contribution is 7.87. The van der Waals surface area contributed by atoms with Crippen molar-refractivity contribution < 1.29 is 17.0 Å². The molecule has 23 heavy (non-hydrogen) atoms. The van der Waals surface area contributed by atoms with Crippen molar-refractivity contribution >= 4 is 10.1 Å². The molecule has 7 nitrogen and oxygen atoms in total. The van der Waals surface area contributed by atoms with Gasteiger partial charge in [0.15, 0.2) is 0 Å². The number of benzene rings is 2. The quantitative estimate of drug-likeness (QED) is 0.677. The third kappa shape index (κ3) is 3.19. The second kappa shape index (κ2) is 5.76. The summed E-state index contributed by atoms with van der Waals surface area (Å²) in [5.74, 6) is -0.413. The third-order valence-corrected chi connectivity index (χ3v) is 4.45. The Morgan fingerprint density at radius 2 is 2.00 bits per heavy atom. The summed E-state index contributed by atoms with van der Waals surface area (Å²) < 4.78 is 44.3. The Kier molecular flexibility index (Phi) is 3.78. The second-order valence-electron chi connectivity index (χ2n) is 4.70. The molecule has 0 N–H and O–H groups in total. The van der Waals surface area contributed by atoms with E-state index in [9.17, 15) is 12.8 Å². The minimum atomic E-state index is -4.07. The summed E-state index contributed by atoms with van der Waals surface area (Å²) in [4.78, 5) is -0.0910. The zero-order valence-corrected chi connectivity index (χ0v) is 12.7. The van der Waals surface area contributed by atoms with E-state index in [-0.39, 0.29) is 16.2 Å². The van der Waals surface area contributed by atoms with Crippen LogP contribution in [-0.2, 0) is 10.1 Å². The number of tetrazole rings is 1. The highest BCUT2D eigenvalue weighted by Gasteiger charge is 2.20. The smallest absolute Gasteiger partial charge is 0.339 e. The molecular formula is C14H11FN4O3S. The lowest BCUT2D eigenvalue weighted by molar-refractivity contribution is 0.485. The lowest BCUT2D eigenvalue weighted by Gasteiger charge is -2.10. The average Bonchev–Trinajstić information content (AvgIpc) is 3.00. The van der Waals surface area contributed by atoms with Crippen LogP contribution in [0.5, 0.6) is 5.75 Å². The minimum Gasteiger partial charge on any atom is -0.379 e. The van der Waals surface area contributed by atoms with E-state index in [2.05, 4.69) is 15.5 Å². The van der Waals surface area contributed by atoms with Gasteiger partial charge in [-0.15, -0.1) is 5.10 Å². The van der Waals surface area contributed by atoms with Crippen LogP contribution in [0, 0.1) is 12.7 Å². The molecule has 0 radical (unpaired) electrons. The molecule has 0 atom stereocenters. The summed E-state index contributed by atoms with van der Waals surface area (Å²) in [6.45, 7) is 1.50. The van der Waals surface area contributed by atoms with Crippen LogP contribution in [-0.4, -0.2) is 28.6 Å². The maximum Gasteiger partial charge on any atom is 0.339 e. The Hall–Kier alpha value is -2.81. The van der Waals surface area contributed by atoms with E-state index in [4.69, 9.17) is 4.18 Å². The fourth-order valence-electron chi connectivity index (χ4n) is 2.02. The van der Waals surface area contributed by atoms with Crippen molar-refractivity contribution in [1.82, 2.24) is 20.2 Å². The lowest BCUT2D eigenvalue weighted by atomic mass is 10.2. The van der Waals surface area contributed by atoms with E-state index in [1.165, 1.54) is 36.1 Å². The van der Waals surface area contributed by atoms with E-state index in [0.29, 0.717) is 5.69 Å². The molecule has 0 amide bonds. The summed E-state index contributed by atoms with van der Waals surface area (Å²) in [7, 11) is -4.07. The molecule has 118 valence electrons. The van der Waals surface area contributed by atoms with Gasteiger partial charge in [0.1, 0.15) is 22.8 Å². The molecule has 1 heterocycles. The van der Waals surface area contributed by atoms with Gasteiger partial charge in [-0.3, -0.25) is 0 Å². The molecular weight excluding hydrogens is 323 g/mol. The largest absolute Gasteiger partial charge is 0.379 e. The number of rotatable bonds is 4. The van der Waals surface area contributed by atoms with Gasteiger partial charge in [0, 0.05) is 6.07 Å². The Balaban J connectivity index is 1.93. The number of hydrogen-bond donors (Lipinski definition) is 0. The molecule has 0 saturated heterocycles. The summed E-state index contributed by atoms with van der Waals surface area (Å²) in [6, 6.07) is 9.65. The molecule has 0 bridgehead atoms. The van der Waals surface area contributed by atoms with Crippen LogP contribution in [0.3, 0.4) is 0 Å². The molecule has 0 aliphatic carbocycles. The molecule has 9 heteroatoms. The monoisotopic (exact) mass is 334 g/mol. The average molecular weight is 334 g/mol. The summed E-state index contributed by atoms with van der Waals surface area (Å²) in [6.07, 6.45) is 1.37. The van der Waals surface area contributed by atoms with Crippen molar-refractivity contribution in [2.75, 3.05) is 0 Å². The summed E-state index contributed by atoms with van der Waals surface area (Å²) >= 11 is 0. The van der Waals surface area contributed by atoms with Gasteiger partial charge >= 0.3 is 10.1 Å². The number of aromatic nitrogens is 4. The molecule has 0 aliphatic rings. The Morgan fingerprint density at radius 1 is 1.17 bits per heavy atom. The van der Waals surface area contributed by atoms with Crippen molar-refractivity contribution in [2.45, 2.75) is 11.8 Å². The number of aryl methyl sites for hydroxylation is 1. The second-order valence-corrected chi connectivity index (χ2v) is 6.21. The van der Waals surface area contributed by atoms with Crippen LogP contribution in [0.1, 0.15) is 5.56 Å². The predicted octanol–water partition coefficient (Wildman–Crippen LogP) is 1.88. The molecule has 1 aromatic heterocycles. The van der Waals surface area contributed by atoms with Gasteiger partial charge in [0.25, 0.3) is 0 Å². The van der Waals surface area contributed by atoms with Crippen molar-refractivity contribution in [1.29, 1.82) is 0 Å². The van der Waals surface area contributed by atoms with Crippen molar-refractivity contribution in [3.63, 3.8) is 0 Å². The zero-order chi connectivity index (χ0) is 16.4. The van der Waals surface area contributed by atoms with Crippen LogP contribution < -0.4 is 4.18 Å². The standard InChI is InChI=1S/C14H11FN4O3S/c1-10-7-11(15)5-6-14(10)23(20,21)22-13-4-2-3-12(8-13)19-9-16-17-18-19/h2-9H,1H3. The summed E-state index contributed by atoms with van der Waals surface area (Å²) in [5, 5.41) is 10.7. The van der Waals surface area contributed by atoms with Crippen LogP contribution in [0.2, 0.25) is 0 Å². The SMILES string of the molecule is Cc1cc(F)ccc1S(=O)(=O)Oc1cccc(-n2cnnn2)c1. The van der Waals surface area contributed by atoms with Crippen molar-refractivity contribution in [3.8, 4) is 11.4 Å². The van der Waals surface area contributed by atoms with Crippen molar-refractivity contribution in [2.24, 2.45) is 0 Å². The molecule has 3 rings (SSSR count). The molecule has 0 aliphatic heterocycles. The van der Waals surface area contributed by atoms with E-state index in [1.54, 1.807) is 12.1 Å². The maximum absolute atomic E-state index is 13.1. The van der Waals surface area contributed by atoms with Crippen molar-refractivity contribution in [3.05, 3.63) is 60.2 Å². The fraction of sp³-hybridized carbons (Fsp3) is 0.0714. The third-order valence-electron chi connectivity index (χ3n) is 3.04. The summed E-state index contributed by atoms with van der Waals surface area (Å²) in [5.41, 5.74) is 0.806. The molecule has 0 unspecified atom stereocenters. The Labute approximate surface area is 131 Å². The molecule has 3 aromatic rings. The highest BCUT2D eigenvalue weighted by atomic mass is 32.2. The predicted molar refractivity (Wildman–Crippen MR) is 78.1 cm³/mol. The Bertz CT molecular complexity index is 942. The van der Waals surface area contributed by atoms with Gasteiger partial charge in [-0.2, -0.15) is 8.42 Å². The highest BCUT2D eigenvalue weighted by Crippen LogP contribution is 2.23. The number of hydrogen-bond acceptors (Lipinski definition) is 6. The maximum atomic E-state index is 13.1. The first-order chi connectivity index (χ1) is 11.0. The molecule has 0 fully saturated rings. The molecule has 0 saturated carbocycles. The molecule has 0 spiro atoms. The van der Waals surface area contributed by atoms with Gasteiger partial charge in [0.2, 0.25) is 0 Å². The van der Waals surface area contributed by atoms with Gasteiger partial charge in [0.05, 0.1) is 5.69 Å².